The normalized spacial score (nSPS) is 30.0. The van der Waals surface area contributed by atoms with Crippen LogP contribution in [0.15, 0.2) is 47.2 Å². The summed E-state index contributed by atoms with van der Waals surface area (Å²) in [5, 5.41) is 0. The first kappa shape index (κ1) is 17.2. The predicted molar refractivity (Wildman–Crippen MR) is 98.7 cm³/mol. The number of ether oxygens (including phenoxy) is 2. The molecule has 2 fully saturated rings. The molecule has 0 N–H and O–H groups in total. The van der Waals surface area contributed by atoms with Gasteiger partial charge in [-0.3, -0.25) is 14.5 Å². The largest absolute Gasteiger partial charge is 0.458 e. The fourth-order valence-corrected chi connectivity index (χ4v) is 4.40. The van der Waals surface area contributed by atoms with Crippen molar-refractivity contribution in [2.75, 3.05) is 0 Å². The molecule has 4 aliphatic rings. The van der Waals surface area contributed by atoms with E-state index in [9.17, 15) is 14.4 Å². The van der Waals surface area contributed by atoms with Crippen molar-refractivity contribution >= 4 is 17.8 Å². The molecular formula is C22H21NO5. The van der Waals surface area contributed by atoms with Crippen LogP contribution in [0.4, 0.5) is 0 Å². The van der Waals surface area contributed by atoms with Gasteiger partial charge >= 0.3 is 5.97 Å². The Kier molecular flexibility index (Phi) is 3.73. The van der Waals surface area contributed by atoms with Gasteiger partial charge in [-0.25, -0.2) is 4.79 Å². The van der Waals surface area contributed by atoms with Crippen LogP contribution in [0.5, 0.6) is 0 Å². The maximum atomic E-state index is 13.2. The quantitative estimate of drug-likeness (QED) is 0.349. The fraction of sp³-hybridized carbons (Fsp3) is 0.409. The number of cyclic esters (lactones) is 1. The second-order valence-electron chi connectivity index (χ2n) is 7.99. The number of fused-ring (bicyclic) bond motifs is 3. The van der Waals surface area contributed by atoms with E-state index in [1.165, 1.54) is 11.2 Å². The van der Waals surface area contributed by atoms with Gasteiger partial charge in [0.25, 0.3) is 12.2 Å². The van der Waals surface area contributed by atoms with E-state index in [0.29, 0.717) is 23.1 Å². The van der Waals surface area contributed by atoms with Gasteiger partial charge in [-0.05, 0) is 44.2 Å². The minimum Gasteiger partial charge on any atom is -0.458 e. The molecule has 2 heterocycles. The van der Waals surface area contributed by atoms with Crippen molar-refractivity contribution in [2.45, 2.75) is 51.4 Å². The Bertz CT molecular complexity index is 971. The molecule has 6 nitrogen and oxygen atoms in total. The Morgan fingerprint density at radius 2 is 1.96 bits per heavy atom. The molecule has 0 aromatic heterocycles. The lowest BCUT2D eigenvalue weighted by Crippen LogP contribution is -2.40. The maximum Gasteiger partial charge on any atom is 0.337 e. The van der Waals surface area contributed by atoms with Gasteiger partial charge in [0.2, 0.25) is 5.91 Å². The van der Waals surface area contributed by atoms with Crippen LogP contribution in [0.3, 0.4) is 0 Å². The van der Waals surface area contributed by atoms with E-state index in [1.807, 2.05) is 24.3 Å². The molecule has 1 aromatic rings. The van der Waals surface area contributed by atoms with E-state index in [0.717, 1.165) is 24.0 Å². The lowest BCUT2D eigenvalue weighted by Gasteiger charge is -2.21. The van der Waals surface area contributed by atoms with Gasteiger partial charge < -0.3 is 9.47 Å². The molecule has 1 saturated heterocycles. The van der Waals surface area contributed by atoms with E-state index < -0.39 is 12.3 Å². The van der Waals surface area contributed by atoms with Crippen LogP contribution < -0.4 is 0 Å². The number of carbonyl (C=O) groups excluding carboxylic acids is 3. The van der Waals surface area contributed by atoms with Crippen LogP contribution in [0, 0.1) is 5.92 Å². The third-order valence-corrected chi connectivity index (χ3v) is 6.28. The van der Waals surface area contributed by atoms with Gasteiger partial charge in [-0.1, -0.05) is 24.3 Å². The molecule has 28 heavy (non-hydrogen) atoms. The van der Waals surface area contributed by atoms with Gasteiger partial charge in [0.1, 0.15) is 0 Å². The maximum absolute atomic E-state index is 13.2. The number of imide groups is 1. The lowest BCUT2D eigenvalue weighted by atomic mass is 9.94. The highest BCUT2D eigenvalue weighted by atomic mass is 16.7. The third-order valence-electron chi connectivity index (χ3n) is 6.28. The van der Waals surface area contributed by atoms with Crippen molar-refractivity contribution in [3.63, 3.8) is 0 Å². The van der Waals surface area contributed by atoms with Crippen molar-refractivity contribution < 1.29 is 23.9 Å². The number of esters is 1. The third kappa shape index (κ3) is 2.44. The van der Waals surface area contributed by atoms with E-state index in [4.69, 9.17) is 9.47 Å². The van der Waals surface area contributed by atoms with E-state index >= 15 is 0 Å². The zero-order valence-electron chi connectivity index (χ0n) is 15.8. The molecule has 2 aliphatic carbocycles. The van der Waals surface area contributed by atoms with Gasteiger partial charge in [-0.2, -0.15) is 0 Å². The molecule has 0 spiro atoms. The van der Waals surface area contributed by atoms with Crippen molar-refractivity contribution in [3.05, 3.63) is 58.4 Å². The number of likely N-dealkylation sites (tertiary alicyclic amines) is 1. The van der Waals surface area contributed by atoms with Crippen LogP contribution in [0.1, 0.15) is 43.7 Å². The van der Waals surface area contributed by atoms with Crippen LogP contribution in [-0.2, 0) is 30.3 Å². The van der Waals surface area contributed by atoms with Gasteiger partial charge in [0.05, 0.1) is 17.9 Å². The molecular weight excluding hydrogens is 358 g/mol. The minimum absolute atomic E-state index is 0.0304. The summed E-state index contributed by atoms with van der Waals surface area (Å²) in [6.07, 6.45) is 2.95. The summed E-state index contributed by atoms with van der Waals surface area (Å²) in [7, 11) is 0. The van der Waals surface area contributed by atoms with Crippen LogP contribution >= 0.6 is 0 Å². The first-order chi connectivity index (χ1) is 13.5. The SMILES string of the molecule is CC1=C(C)C(O/C=C2/C(=O)N(C(=O)C3CC3)C3Cc4ccccc4C23)OC1=O. The molecule has 2 aliphatic heterocycles. The number of hydrogen-bond acceptors (Lipinski definition) is 5. The first-order valence-corrected chi connectivity index (χ1v) is 9.66. The second kappa shape index (κ2) is 6.06. The van der Waals surface area contributed by atoms with Crippen LogP contribution in [0.25, 0.3) is 0 Å². The molecule has 6 heteroatoms. The molecule has 0 bridgehead atoms. The number of benzene rings is 1. The van der Waals surface area contributed by atoms with Crippen molar-refractivity contribution in [3.8, 4) is 0 Å². The van der Waals surface area contributed by atoms with Crippen molar-refractivity contribution in [1.82, 2.24) is 4.90 Å². The van der Waals surface area contributed by atoms with Crippen molar-refractivity contribution in [2.24, 2.45) is 5.92 Å². The van der Waals surface area contributed by atoms with Gasteiger partial charge in [0.15, 0.2) is 0 Å². The summed E-state index contributed by atoms with van der Waals surface area (Å²) in [4.78, 5) is 39.1. The Morgan fingerprint density at radius 1 is 1.21 bits per heavy atom. The fourth-order valence-electron chi connectivity index (χ4n) is 4.40. The zero-order chi connectivity index (χ0) is 19.6. The molecule has 3 atom stereocenters. The summed E-state index contributed by atoms with van der Waals surface area (Å²) in [6, 6.07) is 7.79. The highest BCUT2D eigenvalue weighted by Gasteiger charge is 2.53. The molecule has 1 saturated carbocycles. The summed E-state index contributed by atoms with van der Waals surface area (Å²) < 4.78 is 10.9. The Balaban J connectivity index is 1.50. The summed E-state index contributed by atoms with van der Waals surface area (Å²) in [5.74, 6) is -1.00. The Labute approximate surface area is 162 Å². The molecule has 5 rings (SSSR count). The average molecular weight is 379 g/mol. The standard InChI is InChI=1S/C22H21NO5/c1-11-12(2)22(28-21(11)26)27-10-16-18-15-6-4-3-5-14(15)9-17(18)23(20(16)25)19(24)13-7-8-13/h3-6,10,13,17-18,22H,7-9H2,1-2H3/b16-10+. The molecule has 0 radical (unpaired) electrons. The minimum atomic E-state index is -0.823. The number of amides is 2. The van der Waals surface area contributed by atoms with E-state index in [1.54, 1.807) is 13.8 Å². The monoisotopic (exact) mass is 379 g/mol. The highest BCUT2D eigenvalue weighted by molar-refractivity contribution is 6.09. The summed E-state index contributed by atoms with van der Waals surface area (Å²) in [6.45, 7) is 3.46. The van der Waals surface area contributed by atoms with E-state index in [2.05, 4.69) is 0 Å². The highest BCUT2D eigenvalue weighted by Crippen LogP contribution is 2.48. The number of hydrogen-bond donors (Lipinski definition) is 0. The summed E-state index contributed by atoms with van der Waals surface area (Å²) >= 11 is 0. The molecule has 2 amide bonds. The van der Waals surface area contributed by atoms with Crippen LogP contribution in [0.2, 0.25) is 0 Å². The number of nitrogens with zero attached hydrogens (tertiary/aromatic N) is 1. The predicted octanol–water partition coefficient (Wildman–Crippen LogP) is 2.59. The molecule has 1 aromatic carbocycles. The number of rotatable bonds is 3. The molecule has 3 unspecified atom stereocenters. The average Bonchev–Trinajstić information content (AvgIpc) is 3.37. The Morgan fingerprint density at radius 3 is 2.64 bits per heavy atom. The van der Waals surface area contributed by atoms with Crippen molar-refractivity contribution in [1.29, 1.82) is 0 Å². The number of carbonyl (C=O) groups is 3. The van der Waals surface area contributed by atoms with Crippen LogP contribution in [-0.4, -0.2) is 35.0 Å². The zero-order valence-corrected chi connectivity index (χ0v) is 15.8. The van der Waals surface area contributed by atoms with E-state index in [-0.39, 0.29) is 29.7 Å². The Hall–Kier alpha value is -2.89. The van der Waals surface area contributed by atoms with Gasteiger partial charge in [-0.15, -0.1) is 0 Å². The summed E-state index contributed by atoms with van der Waals surface area (Å²) in [5.41, 5.74) is 3.90. The smallest absolute Gasteiger partial charge is 0.337 e. The second-order valence-corrected chi connectivity index (χ2v) is 7.99. The topological polar surface area (TPSA) is 72.9 Å². The molecule has 144 valence electrons. The van der Waals surface area contributed by atoms with Gasteiger partial charge in [0, 0.05) is 23.0 Å². The lowest BCUT2D eigenvalue weighted by molar-refractivity contribution is -0.153. The first-order valence-electron chi connectivity index (χ1n) is 9.66.